The quantitative estimate of drug-likeness (QED) is 0.220. The first-order valence-electron chi connectivity index (χ1n) is 12.7. The van der Waals surface area contributed by atoms with Crippen molar-refractivity contribution in [3.63, 3.8) is 0 Å². The Morgan fingerprint density at radius 1 is 0.902 bits per heavy atom. The normalized spacial score (nSPS) is 15.9. The fraction of sp³-hybridized carbons (Fsp3) is 0.167. The Hall–Kier alpha value is -5.45. The van der Waals surface area contributed by atoms with Crippen LogP contribution in [0.25, 0.3) is 33.2 Å². The van der Waals surface area contributed by atoms with E-state index in [0.29, 0.717) is 41.2 Å². The van der Waals surface area contributed by atoms with Crippen molar-refractivity contribution in [2.45, 2.75) is 12.3 Å². The van der Waals surface area contributed by atoms with Crippen LogP contribution in [0.2, 0.25) is 0 Å². The lowest BCUT2D eigenvalue weighted by Gasteiger charge is -2.26. The van der Waals surface area contributed by atoms with Crippen molar-refractivity contribution < 1.29 is 38.4 Å². The summed E-state index contributed by atoms with van der Waals surface area (Å²) in [4.78, 5) is 42.2. The average Bonchev–Trinajstić information content (AvgIpc) is 2.94. The maximum absolute atomic E-state index is 13.4. The molecule has 2 aromatic heterocycles. The molecule has 0 amide bonds. The number of ether oxygens (including phenoxy) is 4. The Morgan fingerprint density at radius 3 is 2.44 bits per heavy atom. The van der Waals surface area contributed by atoms with Gasteiger partial charge < -0.3 is 38.6 Å². The zero-order chi connectivity index (χ0) is 28.4. The molecule has 2 aliphatic rings. The van der Waals surface area contributed by atoms with Gasteiger partial charge in [0.05, 0.1) is 19.0 Å². The number of benzene rings is 3. The second kappa shape index (κ2) is 9.05. The number of rotatable bonds is 3. The van der Waals surface area contributed by atoms with E-state index in [4.69, 9.17) is 23.4 Å². The second-order valence-electron chi connectivity index (χ2n) is 9.74. The molecule has 1 atom stereocenters. The van der Waals surface area contributed by atoms with Gasteiger partial charge in [-0.25, -0.2) is 0 Å². The number of aromatic amines is 1. The van der Waals surface area contributed by atoms with E-state index in [1.165, 1.54) is 31.4 Å². The molecule has 3 N–H and O–H groups in total. The zero-order valence-corrected chi connectivity index (χ0v) is 21.5. The van der Waals surface area contributed by atoms with Gasteiger partial charge in [-0.15, -0.1) is 0 Å². The molecular weight excluding hydrogens is 534 g/mol. The average molecular weight is 555 g/mol. The number of hydrogen-bond acceptors (Lipinski definition) is 10. The number of hydrogen-bond donors (Lipinski definition) is 3. The number of carbonyl (C=O) groups excluding carboxylic acids is 1. The van der Waals surface area contributed by atoms with E-state index < -0.39 is 28.6 Å². The summed E-state index contributed by atoms with van der Waals surface area (Å²) in [5.41, 5.74) is 0.301. The summed E-state index contributed by atoms with van der Waals surface area (Å²) in [6.07, 6.45) is -0.219. The molecule has 5 aromatic rings. The molecule has 0 radical (unpaired) electrons. The minimum atomic E-state index is -0.877. The van der Waals surface area contributed by atoms with Gasteiger partial charge in [-0.1, -0.05) is 0 Å². The maximum atomic E-state index is 13.4. The SMILES string of the molecule is COc1ccc(-c2cc(=O)c3c(O)cc4c(c3o2)C(c2cc3cc5c(cc3[nH]c2=O)OCCO5)CC(=O)O4)cc1O. The summed E-state index contributed by atoms with van der Waals surface area (Å²) >= 11 is 0. The molecule has 2 aliphatic heterocycles. The third kappa shape index (κ3) is 3.93. The molecule has 41 heavy (non-hydrogen) atoms. The monoisotopic (exact) mass is 555 g/mol. The maximum Gasteiger partial charge on any atom is 0.312 e. The summed E-state index contributed by atoms with van der Waals surface area (Å²) in [6, 6.07) is 11.9. The van der Waals surface area contributed by atoms with Crippen molar-refractivity contribution >= 4 is 27.8 Å². The van der Waals surface area contributed by atoms with Crippen LogP contribution in [-0.2, 0) is 4.79 Å². The van der Waals surface area contributed by atoms with Crippen molar-refractivity contribution in [1.29, 1.82) is 0 Å². The topological polar surface area (TPSA) is 158 Å². The Kier molecular flexibility index (Phi) is 5.43. The van der Waals surface area contributed by atoms with Gasteiger partial charge in [0, 0.05) is 46.2 Å². The molecule has 11 nitrogen and oxygen atoms in total. The van der Waals surface area contributed by atoms with Crippen LogP contribution in [0.3, 0.4) is 0 Å². The van der Waals surface area contributed by atoms with Crippen LogP contribution in [0.15, 0.2) is 62.5 Å². The van der Waals surface area contributed by atoms with Crippen molar-refractivity contribution in [2.24, 2.45) is 0 Å². The summed E-state index contributed by atoms with van der Waals surface area (Å²) < 4.78 is 28.0. The van der Waals surface area contributed by atoms with E-state index in [0.717, 1.165) is 0 Å². The van der Waals surface area contributed by atoms with Crippen LogP contribution in [0.4, 0.5) is 0 Å². The van der Waals surface area contributed by atoms with E-state index in [9.17, 15) is 24.6 Å². The number of phenols is 2. The molecule has 0 saturated heterocycles. The summed E-state index contributed by atoms with van der Waals surface area (Å²) in [7, 11) is 1.41. The molecule has 4 heterocycles. The number of pyridine rings is 1. The number of aromatic nitrogens is 1. The van der Waals surface area contributed by atoms with Crippen LogP contribution in [0.1, 0.15) is 23.5 Å². The number of aromatic hydroxyl groups is 2. The van der Waals surface area contributed by atoms with Crippen molar-refractivity contribution in [3.8, 4) is 45.8 Å². The molecule has 206 valence electrons. The first-order valence-corrected chi connectivity index (χ1v) is 12.7. The van der Waals surface area contributed by atoms with E-state index in [1.807, 2.05) is 0 Å². The highest BCUT2D eigenvalue weighted by atomic mass is 16.6. The van der Waals surface area contributed by atoms with Gasteiger partial charge in [0.1, 0.15) is 41.4 Å². The zero-order valence-electron chi connectivity index (χ0n) is 21.5. The molecule has 0 bridgehead atoms. The molecule has 0 fully saturated rings. The number of nitrogens with one attached hydrogen (secondary N) is 1. The standard InChI is InChI=1S/C30H21NO10/c1-37-21-3-2-13(7-18(21)32)22-11-19(33)28-20(34)12-25-27(29(28)41-22)15(9-26(35)40-25)16-6-14-8-23-24(39-5-4-38-23)10-17(14)31-30(16)36/h2-3,6-8,10-12,15,32,34H,4-5,9H2,1H3,(H,31,36). The van der Waals surface area contributed by atoms with E-state index >= 15 is 0 Å². The highest BCUT2D eigenvalue weighted by Crippen LogP contribution is 2.46. The number of fused-ring (bicyclic) bond motifs is 5. The molecular formula is C30H21NO10. The summed E-state index contributed by atoms with van der Waals surface area (Å²) in [5.74, 6) is -0.792. The van der Waals surface area contributed by atoms with Crippen LogP contribution in [-0.4, -0.2) is 41.5 Å². The minimum absolute atomic E-state index is 0.0317. The molecule has 0 aliphatic carbocycles. The van der Waals surface area contributed by atoms with Gasteiger partial charge >= 0.3 is 5.97 Å². The lowest BCUT2D eigenvalue weighted by molar-refractivity contribution is -0.135. The third-order valence-electron chi connectivity index (χ3n) is 7.30. The Bertz CT molecular complexity index is 2040. The number of H-pyrrole nitrogens is 1. The molecule has 11 heteroatoms. The molecule has 0 saturated carbocycles. The number of methoxy groups -OCH3 is 1. The molecule has 7 rings (SSSR count). The summed E-state index contributed by atoms with van der Waals surface area (Å²) in [5, 5.41) is 21.5. The first kappa shape index (κ1) is 24.6. The number of carbonyl (C=O) groups is 1. The second-order valence-corrected chi connectivity index (χ2v) is 9.74. The van der Waals surface area contributed by atoms with Crippen molar-refractivity contribution in [3.05, 3.63) is 80.2 Å². The summed E-state index contributed by atoms with van der Waals surface area (Å²) in [6.45, 7) is 0.782. The van der Waals surface area contributed by atoms with Crippen molar-refractivity contribution in [1.82, 2.24) is 4.98 Å². The fourth-order valence-corrected chi connectivity index (χ4v) is 5.43. The van der Waals surface area contributed by atoms with Gasteiger partial charge in [-0.3, -0.25) is 14.4 Å². The van der Waals surface area contributed by atoms with Gasteiger partial charge in [0.25, 0.3) is 5.56 Å². The highest BCUT2D eigenvalue weighted by molar-refractivity contribution is 5.93. The molecule has 1 unspecified atom stereocenters. The predicted molar refractivity (Wildman–Crippen MR) is 145 cm³/mol. The van der Waals surface area contributed by atoms with Gasteiger partial charge in [0.2, 0.25) is 0 Å². The smallest absolute Gasteiger partial charge is 0.312 e. The lowest BCUT2D eigenvalue weighted by atomic mass is 9.85. The van der Waals surface area contributed by atoms with E-state index in [2.05, 4.69) is 4.98 Å². The number of phenolic OH excluding ortho intramolecular Hbond substituents is 2. The molecule has 0 spiro atoms. The van der Waals surface area contributed by atoms with Crippen LogP contribution < -0.4 is 29.9 Å². The van der Waals surface area contributed by atoms with E-state index in [-0.39, 0.29) is 51.5 Å². The van der Waals surface area contributed by atoms with E-state index in [1.54, 1.807) is 24.3 Å². The minimum Gasteiger partial charge on any atom is -0.507 e. The number of esters is 1. The molecule has 3 aromatic carbocycles. The Labute approximate surface area is 230 Å². The van der Waals surface area contributed by atoms with Crippen LogP contribution >= 0.6 is 0 Å². The Balaban J connectivity index is 1.47. The van der Waals surface area contributed by atoms with Crippen LogP contribution in [0, 0.1) is 0 Å². The lowest BCUT2D eigenvalue weighted by Crippen LogP contribution is -2.26. The first-order chi connectivity index (χ1) is 19.8. The highest BCUT2D eigenvalue weighted by Gasteiger charge is 2.35. The van der Waals surface area contributed by atoms with Gasteiger partial charge in [-0.05, 0) is 30.3 Å². The predicted octanol–water partition coefficient (Wildman–Crippen LogP) is 3.93. The van der Waals surface area contributed by atoms with Gasteiger partial charge in [-0.2, -0.15) is 0 Å². The third-order valence-corrected chi connectivity index (χ3v) is 7.30. The van der Waals surface area contributed by atoms with Crippen molar-refractivity contribution in [2.75, 3.05) is 20.3 Å². The fourth-order valence-electron chi connectivity index (χ4n) is 5.43. The Morgan fingerprint density at radius 2 is 1.68 bits per heavy atom. The van der Waals surface area contributed by atoms with Gasteiger partial charge in [0.15, 0.2) is 28.4 Å². The van der Waals surface area contributed by atoms with Crippen LogP contribution in [0.5, 0.6) is 34.5 Å². The largest absolute Gasteiger partial charge is 0.507 e.